The van der Waals surface area contributed by atoms with Crippen molar-refractivity contribution in [3.05, 3.63) is 54.9 Å². The molecule has 3 amide bonds. The SMILES string of the molecule is CCCCCN(C(=O)OC(C)(C)C)c1nc(N(C)CC)c2ncn(CC(=O)O)c2n1.CCCCCN(C(=O)OC(C)(C)C)c1nc(NCCC(C)C)c2ncn(CC(=O)O)c2n1.CCCCCN(C(=O)OC(C)(C)C)c1nc(NCc2ccccc2)c2ncn(CC(=O)O)c2n1. The van der Waals surface area contributed by atoms with Gasteiger partial charge in [0.1, 0.15) is 36.4 Å². The van der Waals surface area contributed by atoms with Crippen molar-refractivity contribution in [3.8, 4) is 0 Å². The Labute approximate surface area is 561 Å². The molecule has 5 N–H and O–H groups in total. The lowest BCUT2D eigenvalue weighted by Gasteiger charge is -2.27. The number of amides is 3. The summed E-state index contributed by atoms with van der Waals surface area (Å²) in [6.45, 7) is 30.8. The molecular formula is C66H100N18O12. The minimum Gasteiger partial charge on any atom is -0.480 e. The minimum atomic E-state index is -1.02. The number of aromatic nitrogens is 12. The van der Waals surface area contributed by atoms with Crippen molar-refractivity contribution in [1.29, 1.82) is 0 Å². The number of carbonyl (C=O) groups is 6. The minimum absolute atomic E-state index is 0.139. The van der Waals surface area contributed by atoms with Gasteiger partial charge in [0.25, 0.3) is 0 Å². The van der Waals surface area contributed by atoms with Crippen LogP contribution in [-0.2, 0) is 54.8 Å². The van der Waals surface area contributed by atoms with E-state index in [2.05, 4.69) is 90.1 Å². The number of carboxylic acid groups (broad SMARTS) is 3. The highest BCUT2D eigenvalue weighted by atomic mass is 16.6. The molecule has 0 fully saturated rings. The predicted molar refractivity (Wildman–Crippen MR) is 369 cm³/mol. The molecule has 0 aliphatic rings. The number of fused-ring (bicyclic) bond motifs is 3. The average molecular weight is 1340 g/mol. The molecule has 0 radical (unpaired) electrons. The van der Waals surface area contributed by atoms with Gasteiger partial charge in [-0.05, 0) is 106 Å². The van der Waals surface area contributed by atoms with Gasteiger partial charge in [0, 0.05) is 46.3 Å². The summed E-state index contributed by atoms with van der Waals surface area (Å²) in [5, 5.41) is 34.3. The van der Waals surface area contributed by atoms with E-state index >= 15 is 0 Å². The van der Waals surface area contributed by atoms with Gasteiger partial charge in [-0.3, -0.25) is 14.4 Å². The zero-order valence-electron chi connectivity index (χ0n) is 58.8. The van der Waals surface area contributed by atoms with E-state index < -0.39 is 53.0 Å². The topological polar surface area (TPSA) is 359 Å². The molecule has 7 rings (SSSR count). The third-order valence-corrected chi connectivity index (χ3v) is 13.9. The Hall–Kier alpha value is -9.51. The number of hydrogen-bond donors (Lipinski definition) is 5. The number of carbonyl (C=O) groups excluding carboxylic acids is 3. The second kappa shape index (κ2) is 35.8. The first-order valence-corrected chi connectivity index (χ1v) is 32.8. The van der Waals surface area contributed by atoms with Crippen LogP contribution in [0.1, 0.15) is 174 Å². The fourth-order valence-corrected chi connectivity index (χ4v) is 9.18. The molecule has 0 bridgehead atoms. The lowest BCUT2D eigenvalue weighted by atomic mass is 10.1. The summed E-state index contributed by atoms with van der Waals surface area (Å²) in [5.41, 5.74) is 1.43. The molecule has 0 atom stereocenters. The molecule has 0 saturated heterocycles. The highest BCUT2D eigenvalue weighted by molar-refractivity contribution is 5.93. The van der Waals surface area contributed by atoms with Crippen LogP contribution >= 0.6 is 0 Å². The number of benzene rings is 1. The second-order valence-corrected chi connectivity index (χ2v) is 26.4. The number of rotatable bonds is 30. The maximum Gasteiger partial charge on any atom is 0.417 e. The summed E-state index contributed by atoms with van der Waals surface area (Å²) >= 11 is 0. The molecule has 96 heavy (non-hydrogen) atoms. The van der Waals surface area contributed by atoms with Gasteiger partial charge in [0.05, 0.1) is 19.0 Å². The Morgan fingerprint density at radius 1 is 0.500 bits per heavy atom. The van der Waals surface area contributed by atoms with Crippen molar-refractivity contribution >= 4 is 105 Å². The number of anilines is 6. The van der Waals surface area contributed by atoms with Crippen LogP contribution in [0.2, 0.25) is 0 Å². The summed E-state index contributed by atoms with van der Waals surface area (Å²) in [6.07, 6.45) is 11.6. The van der Waals surface area contributed by atoms with Crippen molar-refractivity contribution in [1.82, 2.24) is 58.6 Å². The number of nitrogens with one attached hydrogen (secondary N) is 2. The van der Waals surface area contributed by atoms with Gasteiger partial charge in [-0.25, -0.2) is 44.0 Å². The van der Waals surface area contributed by atoms with Crippen molar-refractivity contribution in [2.24, 2.45) is 5.92 Å². The molecule has 1 aromatic carbocycles. The van der Waals surface area contributed by atoms with E-state index in [1.165, 1.54) is 47.4 Å². The summed E-state index contributed by atoms with van der Waals surface area (Å²) in [5.74, 6) is -0.640. The molecule has 0 spiro atoms. The quantitative estimate of drug-likeness (QED) is 0.0206. The maximum absolute atomic E-state index is 13.1. The van der Waals surface area contributed by atoms with Gasteiger partial charge >= 0.3 is 36.2 Å². The predicted octanol–water partition coefficient (Wildman–Crippen LogP) is 12.1. The fraction of sp³-hybridized carbons (Fsp3) is 0.591. The molecule has 0 unspecified atom stereocenters. The lowest BCUT2D eigenvalue weighted by molar-refractivity contribution is -0.138. The third kappa shape index (κ3) is 24.0. The van der Waals surface area contributed by atoms with Crippen LogP contribution in [0, 0.1) is 5.92 Å². The average Bonchev–Trinajstić information content (AvgIpc) is 1.56. The molecule has 7 aromatic rings. The standard InChI is InChI=1S/C24H32N6O4.C22H36N6O4.C20H32N6O4/c1-5-6-10-13-30(23(33)34-24(2,3)4)22-27-20(25-14-17-11-8-7-9-12-17)19-21(28-22)29(16-26-19)15-18(31)32;1-7-8-9-12-28(21(31)32-22(4,5)6)20-25-18(23-11-10-15(2)3)17-19(26-20)27(14-24-17)13-16(29)30;1-7-9-10-11-26(19(29)30-20(3,4)5)18-22-16(24(6)8-2)15-17(23-18)25(13-21-15)12-14(27)28/h7-9,11-12,16H,5-6,10,13-15H2,1-4H3,(H,31,32)(H,25,27,28);14-15H,7-13H2,1-6H3,(H,29,30)(H,23,25,26);13H,7-12H2,1-6H3,(H,27,28). The molecular weight excluding hydrogens is 1240 g/mol. The molecule has 30 heteroatoms. The highest BCUT2D eigenvalue weighted by Gasteiger charge is 2.31. The molecule has 30 nitrogen and oxygen atoms in total. The molecule has 6 aromatic heterocycles. The largest absolute Gasteiger partial charge is 0.480 e. The molecule has 0 saturated carbocycles. The Kier molecular flexibility index (Phi) is 28.8. The second-order valence-electron chi connectivity index (χ2n) is 26.4. The Bertz CT molecular complexity index is 3680. The first-order chi connectivity index (χ1) is 45.3. The Balaban J connectivity index is 0.000000261. The van der Waals surface area contributed by atoms with E-state index in [-0.39, 0.29) is 37.5 Å². The summed E-state index contributed by atoms with van der Waals surface area (Å²) in [6, 6.07) is 9.78. The van der Waals surface area contributed by atoms with Crippen LogP contribution in [0.25, 0.3) is 33.5 Å². The van der Waals surface area contributed by atoms with Crippen LogP contribution in [-0.4, -0.2) is 167 Å². The molecule has 6 heterocycles. The van der Waals surface area contributed by atoms with Gasteiger partial charge in [-0.2, -0.15) is 29.9 Å². The van der Waals surface area contributed by atoms with Crippen molar-refractivity contribution in [2.45, 2.75) is 211 Å². The third-order valence-electron chi connectivity index (χ3n) is 13.9. The maximum atomic E-state index is 13.1. The zero-order chi connectivity index (χ0) is 71.1. The van der Waals surface area contributed by atoms with Crippen LogP contribution in [0.5, 0.6) is 0 Å². The lowest BCUT2D eigenvalue weighted by Crippen LogP contribution is -2.39. The summed E-state index contributed by atoms with van der Waals surface area (Å²) < 4.78 is 21.1. The van der Waals surface area contributed by atoms with Crippen LogP contribution in [0.3, 0.4) is 0 Å². The van der Waals surface area contributed by atoms with E-state index in [0.29, 0.717) is 96.1 Å². The van der Waals surface area contributed by atoms with E-state index in [1.54, 1.807) is 62.3 Å². The number of ether oxygens (including phenoxy) is 3. The number of hydrogen-bond acceptors (Lipinski definition) is 21. The summed E-state index contributed by atoms with van der Waals surface area (Å²) in [7, 11) is 1.86. The van der Waals surface area contributed by atoms with Gasteiger partial charge in [0.2, 0.25) is 17.8 Å². The first kappa shape index (κ1) is 77.2. The van der Waals surface area contributed by atoms with E-state index in [4.69, 9.17) is 14.2 Å². The fourth-order valence-electron chi connectivity index (χ4n) is 9.18. The van der Waals surface area contributed by atoms with Gasteiger partial charge in [-0.15, -0.1) is 0 Å². The number of unbranched alkanes of at least 4 members (excludes halogenated alkanes) is 6. The van der Waals surface area contributed by atoms with Crippen LogP contribution in [0.4, 0.5) is 49.7 Å². The van der Waals surface area contributed by atoms with Gasteiger partial charge < -0.3 is 58.8 Å². The van der Waals surface area contributed by atoms with Gasteiger partial charge in [-0.1, -0.05) is 103 Å². The van der Waals surface area contributed by atoms with E-state index in [1.807, 2.05) is 49.2 Å². The number of imidazole rings is 3. The smallest absolute Gasteiger partial charge is 0.417 e. The molecule has 526 valence electrons. The van der Waals surface area contributed by atoms with E-state index in [9.17, 15) is 44.1 Å². The van der Waals surface area contributed by atoms with Crippen LogP contribution < -0.4 is 30.2 Å². The Morgan fingerprint density at radius 2 is 0.854 bits per heavy atom. The molecule has 0 aliphatic heterocycles. The number of aliphatic carboxylic acids is 3. The Morgan fingerprint density at radius 3 is 1.20 bits per heavy atom. The number of carboxylic acids is 3. The van der Waals surface area contributed by atoms with E-state index in [0.717, 1.165) is 69.8 Å². The van der Waals surface area contributed by atoms with Crippen molar-refractivity contribution < 1.29 is 58.3 Å². The first-order valence-electron chi connectivity index (χ1n) is 32.8. The normalized spacial score (nSPS) is 11.6. The molecule has 0 aliphatic carbocycles. The monoisotopic (exact) mass is 1340 g/mol. The highest BCUT2D eigenvalue weighted by Crippen LogP contribution is 2.30. The van der Waals surface area contributed by atoms with Crippen molar-refractivity contribution in [3.63, 3.8) is 0 Å². The van der Waals surface area contributed by atoms with Crippen molar-refractivity contribution in [2.75, 3.05) is 70.0 Å². The van der Waals surface area contributed by atoms with Crippen LogP contribution in [0.15, 0.2) is 49.3 Å². The number of nitrogens with zero attached hydrogens (tertiary/aromatic N) is 16. The summed E-state index contributed by atoms with van der Waals surface area (Å²) in [4.78, 5) is 119. The van der Waals surface area contributed by atoms with Gasteiger partial charge in [0.15, 0.2) is 50.9 Å². The zero-order valence-corrected chi connectivity index (χ0v) is 58.8.